The number of benzene rings is 1. The molecule has 0 saturated carbocycles. The summed E-state index contributed by atoms with van der Waals surface area (Å²) in [6, 6.07) is 11.4. The summed E-state index contributed by atoms with van der Waals surface area (Å²) in [5, 5.41) is 10.1. The molecule has 2 nitrogen and oxygen atoms in total. The van der Waals surface area contributed by atoms with E-state index < -0.39 is 6.10 Å². The molecular formula is C12H12BrNOS. The predicted octanol–water partition coefficient (Wildman–Crippen LogP) is 3.37. The molecule has 1 atom stereocenters. The van der Waals surface area contributed by atoms with Gasteiger partial charge in [-0.3, -0.25) is 0 Å². The standard InChI is InChI=1S/C12H12BrNOS/c13-12-6-5-8(16-12)7-11(15)9-3-1-2-4-10(9)14/h1-6,11,15H,7,14H2. The van der Waals surface area contributed by atoms with Gasteiger partial charge < -0.3 is 10.8 Å². The smallest absolute Gasteiger partial charge is 0.0858 e. The van der Waals surface area contributed by atoms with Crippen molar-refractivity contribution in [2.24, 2.45) is 0 Å². The molecule has 0 saturated heterocycles. The Balaban J connectivity index is 2.14. The molecule has 0 aliphatic heterocycles. The predicted molar refractivity (Wildman–Crippen MR) is 71.5 cm³/mol. The number of aliphatic hydroxyl groups is 1. The minimum absolute atomic E-state index is 0.535. The number of thiophene rings is 1. The summed E-state index contributed by atoms with van der Waals surface area (Å²) in [6.07, 6.45) is 0.0662. The van der Waals surface area contributed by atoms with Crippen molar-refractivity contribution in [3.05, 3.63) is 50.6 Å². The van der Waals surface area contributed by atoms with Gasteiger partial charge in [-0.15, -0.1) is 11.3 Å². The summed E-state index contributed by atoms with van der Waals surface area (Å²) in [7, 11) is 0. The van der Waals surface area contributed by atoms with Gasteiger partial charge in [-0.1, -0.05) is 18.2 Å². The minimum Gasteiger partial charge on any atom is -0.398 e. The largest absolute Gasteiger partial charge is 0.398 e. The Morgan fingerprint density at radius 1 is 1.25 bits per heavy atom. The van der Waals surface area contributed by atoms with Crippen LogP contribution in [0, 0.1) is 0 Å². The molecule has 1 heterocycles. The van der Waals surface area contributed by atoms with Crippen LogP contribution in [0.3, 0.4) is 0 Å². The molecule has 3 N–H and O–H groups in total. The summed E-state index contributed by atoms with van der Waals surface area (Å²) >= 11 is 5.04. The second-order valence-corrected chi connectivity index (χ2v) is 6.10. The van der Waals surface area contributed by atoms with E-state index in [0.29, 0.717) is 12.1 Å². The van der Waals surface area contributed by atoms with Gasteiger partial charge >= 0.3 is 0 Å². The second kappa shape index (κ2) is 4.99. The number of nitrogens with two attached hydrogens (primary N) is 1. The molecule has 2 rings (SSSR count). The first-order valence-corrected chi connectivity index (χ1v) is 6.54. The zero-order valence-electron chi connectivity index (χ0n) is 8.56. The number of rotatable bonds is 3. The molecule has 0 aliphatic rings. The zero-order valence-corrected chi connectivity index (χ0v) is 11.0. The van der Waals surface area contributed by atoms with Crippen LogP contribution in [0.25, 0.3) is 0 Å². The number of hydrogen-bond donors (Lipinski definition) is 2. The van der Waals surface area contributed by atoms with Gasteiger partial charge in [0, 0.05) is 22.5 Å². The molecule has 4 heteroatoms. The highest BCUT2D eigenvalue weighted by atomic mass is 79.9. The summed E-state index contributed by atoms with van der Waals surface area (Å²) in [4.78, 5) is 1.14. The molecule has 0 fully saturated rings. The van der Waals surface area contributed by atoms with Crippen molar-refractivity contribution in [1.29, 1.82) is 0 Å². The molecule has 0 radical (unpaired) electrons. The van der Waals surface area contributed by atoms with Crippen molar-refractivity contribution >= 4 is 33.0 Å². The fraction of sp³-hybridized carbons (Fsp3) is 0.167. The molecular weight excluding hydrogens is 286 g/mol. The van der Waals surface area contributed by atoms with Crippen molar-refractivity contribution in [2.45, 2.75) is 12.5 Å². The van der Waals surface area contributed by atoms with E-state index in [9.17, 15) is 5.11 Å². The van der Waals surface area contributed by atoms with Crippen molar-refractivity contribution in [3.63, 3.8) is 0 Å². The van der Waals surface area contributed by atoms with E-state index >= 15 is 0 Å². The van der Waals surface area contributed by atoms with E-state index in [1.54, 1.807) is 11.3 Å². The molecule has 0 bridgehead atoms. The lowest BCUT2D eigenvalue weighted by molar-refractivity contribution is 0.180. The van der Waals surface area contributed by atoms with Crippen molar-refractivity contribution in [1.82, 2.24) is 0 Å². The van der Waals surface area contributed by atoms with Crippen LogP contribution in [-0.4, -0.2) is 5.11 Å². The van der Waals surface area contributed by atoms with Gasteiger partial charge in [-0.05, 0) is 34.1 Å². The molecule has 2 aromatic rings. The molecule has 84 valence electrons. The van der Waals surface area contributed by atoms with Crippen LogP contribution in [0.5, 0.6) is 0 Å². The van der Waals surface area contributed by atoms with E-state index in [1.165, 1.54) is 0 Å². The number of halogens is 1. The fourth-order valence-electron chi connectivity index (χ4n) is 1.58. The van der Waals surface area contributed by atoms with Gasteiger partial charge in [-0.2, -0.15) is 0 Å². The highest BCUT2D eigenvalue weighted by Crippen LogP contribution is 2.28. The molecule has 1 aromatic carbocycles. The molecule has 0 spiro atoms. The van der Waals surface area contributed by atoms with Gasteiger partial charge in [0.1, 0.15) is 0 Å². The van der Waals surface area contributed by atoms with Crippen molar-refractivity contribution < 1.29 is 5.11 Å². The van der Waals surface area contributed by atoms with Crippen molar-refractivity contribution in [2.75, 3.05) is 5.73 Å². The van der Waals surface area contributed by atoms with Gasteiger partial charge in [0.25, 0.3) is 0 Å². The molecule has 1 unspecified atom stereocenters. The normalized spacial score (nSPS) is 12.6. The monoisotopic (exact) mass is 297 g/mol. The van der Waals surface area contributed by atoms with E-state index in [0.717, 1.165) is 14.2 Å². The molecule has 16 heavy (non-hydrogen) atoms. The lowest BCUT2D eigenvalue weighted by atomic mass is 10.0. The maximum atomic E-state index is 10.1. The first-order chi connectivity index (χ1) is 7.66. The molecule has 0 aliphatic carbocycles. The summed E-state index contributed by atoms with van der Waals surface area (Å²) in [6.45, 7) is 0. The van der Waals surface area contributed by atoms with Crippen LogP contribution in [0.1, 0.15) is 16.5 Å². The third kappa shape index (κ3) is 2.64. The Bertz CT molecular complexity index is 483. The van der Waals surface area contributed by atoms with Crippen LogP contribution in [0.15, 0.2) is 40.2 Å². The lowest BCUT2D eigenvalue weighted by Gasteiger charge is -2.11. The second-order valence-electron chi connectivity index (χ2n) is 3.55. The Labute approximate surface area is 107 Å². The quantitative estimate of drug-likeness (QED) is 0.853. The maximum Gasteiger partial charge on any atom is 0.0858 e. The van der Waals surface area contributed by atoms with Gasteiger partial charge in [-0.25, -0.2) is 0 Å². The number of nitrogen functional groups attached to an aromatic ring is 1. The highest BCUT2D eigenvalue weighted by Gasteiger charge is 2.12. The van der Waals surface area contributed by atoms with Crippen LogP contribution < -0.4 is 5.73 Å². The van der Waals surface area contributed by atoms with E-state index in [2.05, 4.69) is 15.9 Å². The summed E-state index contributed by atoms with van der Waals surface area (Å²) < 4.78 is 1.08. The zero-order chi connectivity index (χ0) is 11.5. The van der Waals surface area contributed by atoms with Crippen LogP contribution in [0.2, 0.25) is 0 Å². The Hall–Kier alpha value is -0.840. The summed E-state index contributed by atoms with van der Waals surface area (Å²) in [5.74, 6) is 0. The SMILES string of the molecule is Nc1ccccc1C(O)Cc1ccc(Br)s1. The highest BCUT2D eigenvalue weighted by molar-refractivity contribution is 9.11. The Morgan fingerprint density at radius 2 is 2.00 bits per heavy atom. The lowest BCUT2D eigenvalue weighted by Crippen LogP contribution is -2.04. The van der Waals surface area contributed by atoms with Gasteiger partial charge in [0.2, 0.25) is 0 Å². The average Bonchev–Trinajstić information content (AvgIpc) is 2.64. The van der Waals surface area contributed by atoms with Gasteiger partial charge in [0.05, 0.1) is 9.89 Å². The number of para-hydroxylation sites is 1. The average molecular weight is 298 g/mol. The minimum atomic E-state index is -0.535. The Kier molecular flexibility index (Phi) is 3.63. The number of anilines is 1. The number of aliphatic hydroxyl groups excluding tert-OH is 1. The first kappa shape index (κ1) is 11.6. The molecule has 0 amide bonds. The first-order valence-electron chi connectivity index (χ1n) is 4.93. The topological polar surface area (TPSA) is 46.2 Å². The van der Waals surface area contributed by atoms with Gasteiger partial charge in [0.15, 0.2) is 0 Å². The van der Waals surface area contributed by atoms with Crippen molar-refractivity contribution in [3.8, 4) is 0 Å². The third-order valence-electron chi connectivity index (χ3n) is 2.38. The third-order valence-corrected chi connectivity index (χ3v) is 4.02. The van der Waals surface area contributed by atoms with E-state index in [-0.39, 0.29) is 0 Å². The maximum absolute atomic E-state index is 10.1. The van der Waals surface area contributed by atoms with Crippen LogP contribution >= 0.6 is 27.3 Å². The van der Waals surface area contributed by atoms with E-state index in [4.69, 9.17) is 5.73 Å². The van der Waals surface area contributed by atoms with Crippen LogP contribution in [-0.2, 0) is 6.42 Å². The molecule has 1 aromatic heterocycles. The van der Waals surface area contributed by atoms with E-state index in [1.807, 2.05) is 36.4 Å². The fourth-order valence-corrected chi connectivity index (χ4v) is 3.10. The Morgan fingerprint density at radius 3 is 2.62 bits per heavy atom. The van der Waals surface area contributed by atoms with Crippen LogP contribution in [0.4, 0.5) is 5.69 Å². The number of hydrogen-bond acceptors (Lipinski definition) is 3. The summed E-state index contributed by atoms with van der Waals surface area (Å²) in [5.41, 5.74) is 7.26.